The van der Waals surface area contributed by atoms with Crippen LogP contribution in [0.5, 0.6) is 0 Å². The topological polar surface area (TPSA) is 130 Å². The van der Waals surface area contributed by atoms with Gasteiger partial charge in [0.2, 0.25) is 0 Å². The summed E-state index contributed by atoms with van der Waals surface area (Å²) in [4.78, 5) is 24.3. The second-order valence-electron chi connectivity index (χ2n) is 4.20. The van der Waals surface area contributed by atoms with Crippen LogP contribution < -0.4 is 5.73 Å². The second-order valence-corrected chi connectivity index (χ2v) is 6.25. The van der Waals surface area contributed by atoms with E-state index < -0.39 is 33.9 Å². The highest BCUT2D eigenvalue weighted by Crippen LogP contribution is 2.28. The fourth-order valence-corrected chi connectivity index (χ4v) is 3.56. The lowest BCUT2D eigenvalue weighted by Crippen LogP contribution is -2.18. The van der Waals surface area contributed by atoms with Crippen molar-refractivity contribution in [3.63, 3.8) is 0 Å². The van der Waals surface area contributed by atoms with Crippen LogP contribution in [0.15, 0.2) is 29.2 Å². The molecule has 1 aromatic heterocycles. The summed E-state index contributed by atoms with van der Waals surface area (Å²) in [6.45, 7) is 0. The van der Waals surface area contributed by atoms with E-state index >= 15 is 0 Å². The number of aliphatic carboxylic acids is 1. The molecule has 8 heteroatoms. The lowest BCUT2D eigenvalue weighted by molar-refractivity contribution is -0.136. The first-order valence-corrected chi connectivity index (χ1v) is 7.33. The number of carboxylic acids is 1. The molecule has 2 aromatic rings. The van der Waals surface area contributed by atoms with Crippen molar-refractivity contribution in [3.05, 3.63) is 30.0 Å². The van der Waals surface area contributed by atoms with Crippen LogP contribution in [0.3, 0.4) is 0 Å². The summed E-state index contributed by atoms with van der Waals surface area (Å²) in [5, 5.41) is 8.93. The largest absolute Gasteiger partial charge is 0.481 e. The van der Waals surface area contributed by atoms with Crippen molar-refractivity contribution in [2.45, 2.75) is 11.3 Å². The average Bonchev–Trinajstić information content (AvgIpc) is 2.76. The molecule has 0 aliphatic heterocycles. The maximum Gasteiger partial charge on any atom is 0.304 e. The monoisotopic (exact) mass is 296 g/mol. The Morgan fingerprint density at radius 1 is 1.25 bits per heavy atom. The Hall–Kier alpha value is -2.35. The number of para-hydroxylation sites is 1. The van der Waals surface area contributed by atoms with E-state index in [4.69, 9.17) is 10.8 Å². The molecule has 4 N–H and O–H groups in total. The van der Waals surface area contributed by atoms with E-state index in [1.165, 1.54) is 6.07 Å². The Kier molecular flexibility index (Phi) is 3.49. The summed E-state index contributed by atoms with van der Waals surface area (Å²) >= 11 is 0. The van der Waals surface area contributed by atoms with E-state index in [1.807, 2.05) is 0 Å². The van der Waals surface area contributed by atoms with Gasteiger partial charge in [-0.15, -0.1) is 0 Å². The summed E-state index contributed by atoms with van der Waals surface area (Å²) < 4.78 is 24.5. The average molecular weight is 296 g/mol. The van der Waals surface area contributed by atoms with E-state index in [9.17, 15) is 18.0 Å². The Bertz CT molecular complexity index is 791. The predicted molar refractivity (Wildman–Crippen MR) is 71.1 cm³/mol. The number of amides is 1. The molecule has 7 nitrogen and oxygen atoms in total. The Morgan fingerprint density at radius 3 is 2.50 bits per heavy atom. The zero-order valence-corrected chi connectivity index (χ0v) is 11.1. The van der Waals surface area contributed by atoms with Gasteiger partial charge in [-0.25, -0.2) is 8.42 Å². The standard InChI is InChI=1S/C12H12N2O5S/c13-12(17)10-11(20(18,19)6-5-9(15)16)7-3-1-2-4-8(7)14-10/h1-4,14H,5-6H2,(H2,13,17)(H,15,16). The molecule has 0 bridgehead atoms. The number of aromatic amines is 1. The van der Waals surface area contributed by atoms with Crippen LogP contribution in [0.1, 0.15) is 16.9 Å². The number of nitrogens with two attached hydrogens (primary N) is 1. The molecule has 2 rings (SSSR count). The summed E-state index contributed by atoms with van der Waals surface area (Å²) in [6, 6.07) is 6.44. The van der Waals surface area contributed by atoms with Crippen molar-refractivity contribution in [3.8, 4) is 0 Å². The number of carbonyl (C=O) groups is 2. The minimum Gasteiger partial charge on any atom is -0.481 e. The number of fused-ring (bicyclic) bond motifs is 1. The number of nitrogens with one attached hydrogen (secondary N) is 1. The van der Waals surface area contributed by atoms with Gasteiger partial charge in [0.15, 0.2) is 9.84 Å². The molecule has 0 aliphatic carbocycles. The molecule has 106 valence electrons. The smallest absolute Gasteiger partial charge is 0.304 e. The maximum absolute atomic E-state index is 12.2. The van der Waals surface area contributed by atoms with Gasteiger partial charge < -0.3 is 15.8 Å². The van der Waals surface area contributed by atoms with Crippen molar-refractivity contribution < 1.29 is 23.1 Å². The highest BCUT2D eigenvalue weighted by atomic mass is 32.2. The number of hydrogen-bond acceptors (Lipinski definition) is 4. The first-order chi connectivity index (χ1) is 9.33. The van der Waals surface area contributed by atoms with Crippen LogP contribution in [0.25, 0.3) is 10.9 Å². The number of hydrogen-bond donors (Lipinski definition) is 3. The molecule has 0 fully saturated rings. The van der Waals surface area contributed by atoms with Gasteiger partial charge in [-0.1, -0.05) is 18.2 Å². The van der Waals surface area contributed by atoms with E-state index in [2.05, 4.69) is 4.98 Å². The van der Waals surface area contributed by atoms with E-state index in [-0.39, 0.29) is 10.6 Å². The third-order valence-electron chi connectivity index (χ3n) is 2.80. The van der Waals surface area contributed by atoms with Crippen LogP contribution in [-0.4, -0.2) is 36.1 Å². The van der Waals surface area contributed by atoms with Crippen molar-refractivity contribution >= 4 is 32.6 Å². The van der Waals surface area contributed by atoms with E-state index in [0.29, 0.717) is 10.9 Å². The molecule has 0 unspecified atom stereocenters. The number of H-pyrrole nitrogens is 1. The third-order valence-corrected chi connectivity index (χ3v) is 4.59. The van der Waals surface area contributed by atoms with Crippen molar-refractivity contribution in [1.82, 2.24) is 4.98 Å². The normalized spacial score (nSPS) is 11.6. The van der Waals surface area contributed by atoms with Gasteiger partial charge in [-0.3, -0.25) is 9.59 Å². The fraction of sp³-hybridized carbons (Fsp3) is 0.167. The van der Waals surface area contributed by atoms with Gasteiger partial charge in [0.1, 0.15) is 10.6 Å². The van der Waals surface area contributed by atoms with Crippen LogP contribution in [0, 0.1) is 0 Å². The number of rotatable bonds is 5. The number of carboxylic acid groups (broad SMARTS) is 1. The summed E-state index contributed by atoms with van der Waals surface area (Å²) in [5.74, 6) is -2.73. The summed E-state index contributed by atoms with van der Waals surface area (Å²) in [7, 11) is -3.93. The Morgan fingerprint density at radius 2 is 1.90 bits per heavy atom. The van der Waals surface area contributed by atoms with Gasteiger partial charge in [0.05, 0.1) is 12.2 Å². The van der Waals surface area contributed by atoms with Gasteiger partial charge in [-0.2, -0.15) is 0 Å². The molecule has 1 heterocycles. The molecule has 0 radical (unpaired) electrons. The molecule has 0 spiro atoms. The molecule has 0 aliphatic rings. The Labute approximate surface area is 114 Å². The van der Waals surface area contributed by atoms with Crippen molar-refractivity contribution in [2.24, 2.45) is 5.73 Å². The predicted octanol–water partition coefficient (Wildman–Crippen LogP) is 0.515. The van der Waals surface area contributed by atoms with E-state index in [1.54, 1.807) is 18.2 Å². The summed E-state index contributed by atoms with van der Waals surface area (Å²) in [5.41, 5.74) is 5.41. The molecule has 0 saturated heterocycles. The van der Waals surface area contributed by atoms with Gasteiger partial charge in [0, 0.05) is 10.9 Å². The van der Waals surface area contributed by atoms with Crippen LogP contribution in [0.4, 0.5) is 0 Å². The molecule has 0 atom stereocenters. The number of carbonyl (C=O) groups excluding carboxylic acids is 1. The lowest BCUT2D eigenvalue weighted by Gasteiger charge is -2.03. The highest BCUT2D eigenvalue weighted by Gasteiger charge is 2.27. The minimum absolute atomic E-state index is 0.225. The number of primary amides is 1. The zero-order valence-electron chi connectivity index (χ0n) is 10.3. The fourth-order valence-electron chi connectivity index (χ4n) is 1.94. The second kappa shape index (κ2) is 4.97. The number of aromatic nitrogens is 1. The van der Waals surface area contributed by atoms with E-state index in [0.717, 1.165) is 0 Å². The molecule has 20 heavy (non-hydrogen) atoms. The SMILES string of the molecule is NC(=O)c1[nH]c2ccccc2c1S(=O)(=O)CCC(=O)O. The maximum atomic E-state index is 12.2. The van der Waals surface area contributed by atoms with Crippen LogP contribution in [-0.2, 0) is 14.6 Å². The first-order valence-electron chi connectivity index (χ1n) is 5.68. The lowest BCUT2D eigenvalue weighted by atomic mass is 10.2. The molecule has 0 saturated carbocycles. The summed E-state index contributed by atoms with van der Waals surface area (Å²) in [6.07, 6.45) is -0.542. The quantitative estimate of drug-likeness (QED) is 0.740. The van der Waals surface area contributed by atoms with Gasteiger partial charge in [0.25, 0.3) is 5.91 Å². The highest BCUT2D eigenvalue weighted by molar-refractivity contribution is 7.91. The molecular weight excluding hydrogens is 284 g/mol. The minimum atomic E-state index is -3.93. The first kappa shape index (κ1) is 14.1. The zero-order chi connectivity index (χ0) is 14.9. The molecule has 1 amide bonds. The van der Waals surface area contributed by atoms with Gasteiger partial charge in [-0.05, 0) is 6.07 Å². The number of sulfone groups is 1. The molecule has 1 aromatic carbocycles. The number of benzene rings is 1. The van der Waals surface area contributed by atoms with Gasteiger partial charge >= 0.3 is 5.97 Å². The molecular formula is C12H12N2O5S. The third kappa shape index (κ3) is 2.50. The Balaban J connectivity index is 2.65. The van der Waals surface area contributed by atoms with Crippen molar-refractivity contribution in [2.75, 3.05) is 5.75 Å². The van der Waals surface area contributed by atoms with Crippen molar-refractivity contribution in [1.29, 1.82) is 0 Å². The van der Waals surface area contributed by atoms with Crippen LogP contribution in [0.2, 0.25) is 0 Å². The van der Waals surface area contributed by atoms with Crippen LogP contribution >= 0.6 is 0 Å².